The van der Waals surface area contributed by atoms with E-state index in [0.29, 0.717) is 11.1 Å². The molecular formula is C10H11ClN2O3. The maximum atomic E-state index is 11.5. The second-order valence-corrected chi connectivity index (χ2v) is 3.72. The van der Waals surface area contributed by atoms with Gasteiger partial charge in [-0.15, -0.1) is 11.6 Å². The van der Waals surface area contributed by atoms with Crippen LogP contribution in [0, 0.1) is 17.0 Å². The third-order valence-electron chi connectivity index (χ3n) is 2.08. The second-order valence-electron chi connectivity index (χ2n) is 3.45. The largest absolute Gasteiger partial charge is 0.305 e. The van der Waals surface area contributed by atoms with Gasteiger partial charge in [-0.3, -0.25) is 14.9 Å². The van der Waals surface area contributed by atoms with E-state index < -0.39 is 4.92 Å². The van der Waals surface area contributed by atoms with Crippen LogP contribution in [0.15, 0.2) is 29.2 Å². The first-order valence-corrected chi connectivity index (χ1v) is 5.07. The molecule has 86 valence electrons. The zero-order valence-corrected chi connectivity index (χ0v) is 9.53. The van der Waals surface area contributed by atoms with Gasteiger partial charge >= 0.3 is 0 Å². The maximum absolute atomic E-state index is 11.5. The molecule has 0 amide bonds. The molecule has 0 bridgehead atoms. The highest BCUT2D eigenvalue weighted by Gasteiger charge is 2.13. The van der Waals surface area contributed by atoms with Crippen molar-refractivity contribution in [1.82, 2.24) is 4.57 Å². The summed E-state index contributed by atoms with van der Waals surface area (Å²) in [5.41, 5.74) is 0.598. The Labute approximate surface area is 97.1 Å². The lowest BCUT2D eigenvalue weighted by Crippen LogP contribution is -2.21. The number of aryl methyl sites for hydroxylation is 1. The monoisotopic (exact) mass is 242 g/mol. The van der Waals surface area contributed by atoms with Gasteiger partial charge in [0, 0.05) is 24.1 Å². The molecule has 0 aliphatic heterocycles. The Hall–Kier alpha value is -1.62. The highest BCUT2D eigenvalue weighted by molar-refractivity contribution is 6.19. The van der Waals surface area contributed by atoms with E-state index in [1.165, 1.54) is 23.8 Å². The van der Waals surface area contributed by atoms with Crippen molar-refractivity contribution < 1.29 is 4.92 Å². The van der Waals surface area contributed by atoms with Gasteiger partial charge in [0.2, 0.25) is 0 Å². The summed E-state index contributed by atoms with van der Waals surface area (Å²) in [6.07, 6.45) is 1.22. The normalized spacial score (nSPS) is 10.1. The van der Waals surface area contributed by atoms with Crippen LogP contribution in [0.5, 0.6) is 0 Å². The Kier molecular flexibility index (Phi) is 3.84. The van der Waals surface area contributed by atoms with E-state index in [4.69, 9.17) is 11.6 Å². The van der Waals surface area contributed by atoms with Crippen LogP contribution >= 0.6 is 11.6 Å². The van der Waals surface area contributed by atoms with Gasteiger partial charge in [-0.25, -0.2) is 0 Å². The highest BCUT2D eigenvalue weighted by atomic mass is 35.5. The van der Waals surface area contributed by atoms with Gasteiger partial charge in [-0.2, -0.15) is 0 Å². The molecular weight excluding hydrogens is 232 g/mol. The molecule has 0 aliphatic rings. The van der Waals surface area contributed by atoms with Gasteiger partial charge in [-0.1, -0.05) is 6.58 Å². The Morgan fingerprint density at radius 2 is 2.31 bits per heavy atom. The molecule has 0 saturated heterocycles. The predicted molar refractivity (Wildman–Crippen MR) is 62.0 cm³/mol. The number of pyridine rings is 1. The SMILES string of the molecule is C=C(CCl)Cn1cc([N+](=O)[O-])c(C)cc1=O. The van der Waals surface area contributed by atoms with Crippen LogP contribution in [-0.2, 0) is 6.54 Å². The first kappa shape index (κ1) is 12.4. The summed E-state index contributed by atoms with van der Waals surface area (Å²) < 4.78 is 1.23. The summed E-state index contributed by atoms with van der Waals surface area (Å²) in [5, 5.41) is 10.7. The first-order valence-electron chi connectivity index (χ1n) is 4.53. The number of aromatic nitrogens is 1. The van der Waals surface area contributed by atoms with Crippen molar-refractivity contribution in [3.8, 4) is 0 Å². The van der Waals surface area contributed by atoms with Crippen LogP contribution in [0.4, 0.5) is 5.69 Å². The molecule has 1 aromatic rings. The average molecular weight is 243 g/mol. The lowest BCUT2D eigenvalue weighted by Gasteiger charge is -2.06. The number of nitro groups is 1. The van der Waals surface area contributed by atoms with E-state index >= 15 is 0 Å². The van der Waals surface area contributed by atoms with Crippen LogP contribution in [0.3, 0.4) is 0 Å². The minimum Gasteiger partial charge on any atom is -0.305 e. The summed E-state index contributed by atoms with van der Waals surface area (Å²) in [7, 11) is 0. The molecule has 0 spiro atoms. The molecule has 1 aromatic heterocycles. The molecule has 6 heteroatoms. The van der Waals surface area contributed by atoms with Gasteiger partial charge < -0.3 is 4.57 Å². The van der Waals surface area contributed by atoms with Crippen molar-refractivity contribution in [2.75, 3.05) is 5.88 Å². The van der Waals surface area contributed by atoms with Gasteiger partial charge in [0.1, 0.15) is 0 Å². The van der Waals surface area contributed by atoms with E-state index in [2.05, 4.69) is 6.58 Å². The fourth-order valence-electron chi connectivity index (χ4n) is 1.25. The molecule has 0 fully saturated rings. The number of hydrogen-bond acceptors (Lipinski definition) is 3. The number of alkyl halides is 1. The lowest BCUT2D eigenvalue weighted by atomic mass is 10.2. The average Bonchev–Trinajstić information content (AvgIpc) is 2.21. The molecule has 0 N–H and O–H groups in total. The smallest absolute Gasteiger partial charge is 0.288 e. The molecule has 0 aromatic carbocycles. The fraction of sp³-hybridized carbons (Fsp3) is 0.300. The Morgan fingerprint density at radius 3 is 2.81 bits per heavy atom. The molecule has 16 heavy (non-hydrogen) atoms. The van der Waals surface area contributed by atoms with Gasteiger partial charge in [-0.05, 0) is 12.5 Å². The van der Waals surface area contributed by atoms with E-state index in [1.54, 1.807) is 0 Å². The second kappa shape index (κ2) is 4.94. The van der Waals surface area contributed by atoms with Crippen LogP contribution in [0.1, 0.15) is 5.56 Å². The van der Waals surface area contributed by atoms with Crippen molar-refractivity contribution in [1.29, 1.82) is 0 Å². The number of nitrogens with zero attached hydrogens (tertiary/aromatic N) is 2. The zero-order chi connectivity index (χ0) is 12.3. The summed E-state index contributed by atoms with van der Waals surface area (Å²) in [4.78, 5) is 21.7. The highest BCUT2D eigenvalue weighted by Crippen LogP contribution is 2.14. The summed E-state index contributed by atoms with van der Waals surface area (Å²) in [6, 6.07) is 1.24. The molecule has 0 radical (unpaired) electrons. The zero-order valence-electron chi connectivity index (χ0n) is 8.77. The predicted octanol–water partition coefficient (Wildman–Crippen LogP) is 1.86. The molecule has 0 aliphatic carbocycles. The quantitative estimate of drug-likeness (QED) is 0.350. The number of halogens is 1. The molecule has 1 rings (SSSR count). The maximum Gasteiger partial charge on any atom is 0.288 e. The van der Waals surface area contributed by atoms with Crippen molar-refractivity contribution in [2.45, 2.75) is 13.5 Å². The minimum absolute atomic E-state index is 0.0815. The minimum atomic E-state index is -0.519. The van der Waals surface area contributed by atoms with Crippen LogP contribution in [0.25, 0.3) is 0 Å². The molecule has 1 heterocycles. The third kappa shape index (κ3) is 2.70. The Balaban J connectivity index is 3.20. The van der Waals surface area contributed by atoms with E-state index in [1.807, 2.05) is 0 Å². The Bertz CT molecular complexity index is 493. The van der Waals surface area contributed by atoms with Crippen molar-refractivity contribution in [3.63, 3.8) is 0 Å². The summed E-state index contributed by atoms with van der Waals surface area (Å²) in [5.74, 6) is 0.216. The van der Waals surface area contributed by atoms with Crippen molar-refractivity contribution in [2.24, 2.45) is 0 Å². The van der Waals surface area contributed by atoms with E-state index in [0.717, 1.165) is 0 Å². The van der Waals surface area contributed by atoms with Crippen LogP contribution in [0.2, 0.25) is 0 Å². The van der Waals surface area contributed by atoms with E-state index in [9.17, 15) is 14.9 Å². The van der Waals surface area contributed by atoms with Gasteiger partial charge in [0.15, 0.2) is 0 Å². The molecule has 0 atom stereocenters. The van der Waals surface area contributed by atoms with Gasteiger partial charge in [0.05, 0.1) is 11.1 Å². The number of allylic oxidation sites excluding steroid dienone is 1. The van der Waals surface area contributed by atoms with Gasteiger partial charge in [0.25, 0.3) is 11.2 Å². The Morgan fingerprint density at radius 1 is 1.69 bits per heavy atom. The first-order chi connectivity index (χ1) is 7.45. The summed E-state index contributed by atoms with van der Waals surface area (Å²) >= 11 is 5.54. The lowest BCUT2D eigenvalue weighted by molar-refractivity contribution is -0.385. The topological polar surface area (TPSA) is 65.1 Å². The van der Waals surface area contributed by atoms with Crippen LogP contribution < -0.4 is 5.56 Å². The number of rotatable bonds is 4. The van der Waals surface area contributed by atoms with Crippen LogP contribution in [-0.4, -0.2) is 15.4 Å². The third-order valence-corrected chi connectivity index (χ3v) is 2.46. The fourth-order valence-corrected chi connectivity index (χ4v) is 1.34. The van der Waals surface area contributed by atoms with Crippen molar-refractivity contribution >= 4 is 17.3 Å². The molecule has 0 saturated carbocycles. The van der Waals surface area contributed by atoms with E-state index in [-0.39, 0.29) is 23.7 Å². The number of hydrogen-bond donors (Lipinski definition) is 0. The standard InChI is InChI=1S/C10H11ClN2O3/c1-7(4-11)5-12-6-9(13(15)16)8(2)3-10(12)14/h3,6H,1,4-5H2,2H3. The van der Waals surface area contributed by atoms with Crippen molar-refractivity contribution in [3.05, 3.63) is 50.4 Å². The summed E-state index contributed by atoms with van der Waals surface area (Å²) in [6.45, 7) is 5.37. The molecule has 5 nitrogen and oxygen atoms in total. The molecule has 0 unspecified atom stereocenters.